The maximum absolute atomic E-state index is 5.99. The second kappa shape index (κ2) is 5.75. The van der Waals surface area contributed by atoms with Gasteiger partial charge in [0.1, 0.15) is 0 Å². The van der Waals surface area contributed by atoms with E-state index in [-0.39, 0.29) is 6.04 Å². The van der Waals surface area contributed by atoms with Crippen LogP contribution in [0, 0.1) is 5.92 Å². The van der Waals surface area contributed by atoms with Crippen LogP contribution in [0.5, 0.6) is 0 Å². The van der Waals surface area contributed by atoms with Gasteiger partial charge < -0.3 is 16.0 Å². The molecule has 1 aromatic rings. The van der Waals surface area contributed by atoms with Crippen LogP contribution in [-0.4, -0.2) is 26.7 Å². The van der Waals surface area contributed by atoms with Gasteiger partial charge in [-0.2, -0.15) is 0 Å². The highest BCUT2D eigenvalue weighted by Gasteiger charge is 2.06. The molecule has 3 N–H and O–H groups in total. The van der Waals surface area contributed by atoms with Gasteiger partial charge in [-0.3, -0.25) is 0 Å². The van der Waals surface area contributed by atoms with E-state index in [9.17, 15) is 0 Å². The van der Waals surface area contributed by atoms with Crippen LogP contribution >= 0.6 is 0 Å². The molecule has 1 rings (SSSR count). The normalized spacial score (nSPS) is 12.6. The molecule has 0 heterocycles. The van der Waals surface area contributed by atoms with E-state index >= 15 is 0 Å². The van der Waals surface area contributed by atoms with E-state index in [1.54, 1.807) is 0 Å². The molecular formula is C13H23N3. The van der Waals surface area contributed by atoms with Gasteiger partial charge in [0, 0.05) is 38.1 Å². The molecule has 0 radical (unpaired) electrons. The van der Waals surface area contributed by atoms with Crippen molar-refractivity contribution in [2.24, 2.45) is 11.7 Å². The Hall–Kier alpha value is -1.22. The lowest BCUT2D eigenvalue weighted by molar-refractivity contribution is 0.511. The Morgan fingerprint density at radius 1 is 1.31 bits per heavy atom. The van der Waals surface area contributed by atoms with Gasteiger partial charge in [-0.1, -0.05) is 19.9 Å². The Labute approximate surface area is 98.6 Å². The number of nitrogens with two attached hydrogens (primary N) is 1. The minimum Gasteiger partial charge on any atom is -0.383 e. The van der Waals surface area contributed by atoms with Gasteiger partial charge >= 0.3 is 0 Å². The summed E-state index contributed by atoms with van der Waals surface area (Å²) in [6.45, 7) is 5.10. The predicted molar refractivity (Wildman–Crippen MR) is 72.1 cm³/mol. The van der Waals surface area contributed by atoms with Crippen molar-refractivity contribution in [2.75, 3.05) is 30.9 Å². The topological polar surface area (TPSA) is 41.3 Å². The van der Waals surface area contributed by atoms with Crippen LogP contribution in [0.1, 0.15) is 13.8 Å². The molecule has 0 aliphatic rings. The van der Waals surface area contributed by atoms with Crippen LogP contribution in [0.2, 0.25) is 0 Å². The van der Waals surface area contributed by atoms with Crippen LogP contribution in [0.15, 0.2) is 24.3 Å². The molecule has 1 aromatic carbocycles. The Morgan fingerprint density at radius 3 is 2.56 bits per heavy atom. The van der Waals surface area contributed by atoms with E-state index < -0.39 is 0 Å². The summed E-state index contributed by atoms with van der Waals surface area (Å²) in [4.78, 5) is 2.09. The number of benzene rings is 1. The summed E-state index contributed by atoms with van der Waals surface area (Å²) in [5.74, 6) is 0.504. The van der Waals surface area contributed by atoms with E-state index in [1.807, 2.05) is 14.1 Å². The SMILES string of the molecule is CC(C)C(N)CNc1cccc(N(C)C)c1. The largest absolute Gasteiger partial charge is 0.383 e. The average molecular weight is 221 g/mol. The van der Waals surface area contributed by atoms with E-state index in [2.05, 4.69) is 48.3 Å². The number of hydrogen-bond donors (Lipinski definition) is 2. The number of hydrogen-bond acceptors (Lipinski definition) is 3. The number of anilines is 2. The molecule has 3 heteroatoms. The monoisotopic (exact) mass is 221 g/mol. The van der Waals surface area contributed by atoms with Gasteiger partial charge in [0.15, 0.2) is 0 Å². The molecule has 1 atom stereocenters. The molecule has 0 bridgehead atoms. The highest BCUT2D eigenvalue weighted by atomic mass is 15.1. The zero-order chi connectivity index (χ0) is 12.1. The molecular weight excluding hydrogens is 198 g/mol. The summed E-state index contributed by atoms with van der Waals surface area (Å²) in [6, 6.07) is 8.54. The van der Waals surface area contributed by atoms with E-state index in [4.69, 9.17) is 5.73 Å². The van der Waals surface area contributed by atoms with Crippen molar-refractivity contribution < 1.29 is 0 Å². The van der Waals surface area contributed by atoms with Crippen LogP contribution in [-0.2, 0) is 0 Å². The summed E-state index contributed by atoms with van der Waals surface area (Å²) >= 11 is 0. The van der Waals surface area contributed by atoms with Gasteiger partial charge in [-0.15, -0.1) is 0 Å². The highest BCUT2D eigenvalue weighted by molar-refractivity contribution is 5.57. The van der Waals surface area contributed by atoms with Crippen molar-refractivity contribution in [3.63, 3.8) is 0 Å². The van der Waals surface area contributed by atoms with Gasteiger partial charge in [-0.05, 0) is 24.1 Å². The molecule has 0 fully saturated rings. The fourth-order valence-electron chi connectivity index (χ4n) is 1.37. The molecule has 3 nitrogen and oxygen atoms in total. The van der Waals surface area contributed by atoms with Crippen LogP contribution in [0.3, 0.4) is 0 Å². The first-order chi connectivity index (χ1) is 7.50. The lowest BCUT2D eigenvalue weighted by atomic mass is 10.1. The van der Waals surface area contributed by atoms with E-state index in [0.717, 1.165) is 12.2 Å². The first-order valence-electron chi connectivity index (χ1n) is 5.77. The molecule has 0 spiro atoms. The Morgan fingerprint density at radius 2 is 2.00 bits per heavy atom. The Bertz CT molecular complexity index is 321. The third kappa shape index (κ3) is 3.74. The number of nitrogens with one attached hydrogen (secondary N) is 1. The highest BCUT2D eigenvalue weighted by Crippen LogP contribution is 2.17. The average Bonchev–Trinajstić information content (AvgIpc) is 2.26. The quantitative estimate of drug-likeness (QED) is 0.800. The van der Waals surface area contributed by atoms with E-state index in [1.165, 1.54) is 5.69 Å². The lowest BCUT2D eigenvalue weighted by Gasteiger charge is -2.18. The maximum Gasteiger partial charge on any atom is 0.0381 e. The number of nitrogens with zero attached hydrogens (tertiary/aromatic N) is 1. The Kier molecular flexibility index (Phi) is 4.62. The molecule has 0 aliphatic heterocycles. The summed E-state index contributed by atoms with van der Waals surface area (Å²) in [5, 5.41) is 3.37. The summed E-state index contributed by atoms with van der Waals surface area (Å²) in [6.07, 6.45) is 0. The zero-order valence-electron chi connectivity index (χ0n) is 10.7. The van der Waals surface area contributed by atoms with Crippen molar-refractivity contribution in [3.8, 4) is 0 Å². The molecule has 0 amide bonds. The molecule has 90 valence electrons. The van der Waals surface area contributed by atoms with Crippen molar-refractivity contribution in [1.29, 1.82) is 0 Å². The lowest BCUT2D eigenvalue weighted by Crippen LogP contribution is -2.34. The summed E-state index contributed by atoms with van der Waals surface area (Å²) in [7, 11) is 4.08. The third-order valence-corrected chi connectivity index (χ3v) is 2.76. The third-order valence-electron chi connectivity index (χ3n) is 2.76. The minimum absolute atomic E-state index is 0.197. The maximum atomic E-state index is 5.99. The molecule has 16 heavy (non-hydrogen) atoms. The van der Waals surface area contributed by atoms with Crippen molar-refractivity contribution >= 4 is 11.4 Å². The second-order valence-corrected chi connectivity index (χ2v) is 4.73. The zero-order valence-corrected chi connectivity index (χ0v) is 10.7. The van der Waals surface area contributed by atoms with Crippen LogP contribution < -0.4 is 16.0 Å². The van der Waals surface area contributed by atoms with Crippen molar-refractivity contribution in [3.05, 3.63) is 24.3 Å². The van der Waals surface area contributed by atoms with Gasteiger partial charge in [0.05, 0.1) is 0 Å². The van der Waals surface area contributed by atoms with Crippen LogP contribution in [0.4, 0.5) is 11.4 Å². The summed E-state index contributed by atoms with van der Waals surface area (Å²) < 4.78 is 0. The summed E-state index contributed by atoms with van der Waals surface area (Å²) in [5.41, 5.74) is 8.31. The second-order valence-electron chi connectivity index (χ2n) is 4.73. The van der Waals surface area contributed by atoms with Gasteiger partial charge in [-0.25, -0.2) is 0 Å². The van der Waals surface area contributed by atoms with Gasteiger partial charge in [0.25, 0.3) is 0 Å². The minimum atomic E-state index is 0.197. The predicted octanol–water partition coefficient (Wildman–Crippen LogP) is 2.15. The molecule has 0 aliphatic carbocycles. The smallest absolute Gasteiger partial charge is 0.0381 e. The molecule has 0 aromatic heterocycles. The first-order valence-corrected chi connectivity index (χ1v) is 5.77. The fraction of sp³-hybridized carbons (Fsp3) is 0.538. The van der Waals surface area contributed by atoms with Gasteiger partial charge in [0.2, 0.25) is 0 Å². The standard InChI is InChI=1S/C13H23N3/c1-10(2)13(14)9-15-11-6-5-7-12(8-11)16(3)4/h5-8,10,13,15H,9,14H2,1-4H3. The fourth-order valence-corrected chi connectivity index (χ4v) is 1.37. The molecule has 1 unspecified atom stereocenters. The molecule has 0 saturated heterocycles. The Balaban J connectivity index is 2.57. The van der Waals surface area contributed by atoms with Crippen LogP contribution in [0.25, 0.3) is 0 Å². The number of rotatable bonds is 5. The van der Waals surface area contributed by atoms with E-state index in [0.29, 0.717) is 5.92 Å². The first kappa shape index (κ1) is 12.8. The van der Waals surface area contributed by atoms with Crippen molar-refractivity contribution in [1.82, 2.24) is 0 Å². The molecule has 0 saturated carbocycles. The van der Waals surface area contributed by atoms with Crippen molar-refractivity contribution in [2.45, 2.75) is 19.9 Å².